The predicted octanol–water partition coefficient (Wildman–Crippen LogP) is 2.57. The zero-order chi connectivity index (χ0) is 14.4. The van der Waals surface area contributed by atoms with Gasteiger partial charge in [0.05, 0.1) is 6.10 Å². The Morgan fingerprint density at radius 2 is 2.30 bits per heavy atom. The van der Waals surface area contributed by atoms with Gasteiger partial charge in [0.2, 0.25) is 0 Å². The molecular weight excluding hydrogens is 256 g/mol. The highest BCUT2D eigenvalue weighted by atomic mass is 16.5. The molecule has 5 nitrogen and oxygen atoms in total. The number of anilines is 1. The molecule has 1 fully saturated rings. The molecule has 1 aromatic heterocycles. The number of rotatable bonds is 5. The molecule has 1 unspecified atom stereocenters. The third-order valence-electron chi connectivity index (χ3n) is 3.51. The first-order valence-corrected chi connectivity index (χ1v) is 7.27. The van der Waals surface area contributed by atoms with Crippen LogP contribution in [-0.4, -0.2) is 41.9 Å². The molecule has 2 heterocycles. The van der Waals surface area contributed by atoms with Gasteiger partial charge in [-0.15, -0.1) is 0 Å². The van der Waals surface area contributed by atoms with E-state index in [-0.39, 0.29) is 5.69 Å². The van der Waals surface area contributed by atoms with Crippen molar-refractivity contribution in [3.63, 3.8) is 0 Å². The van der Waals surface area contributed by atoms with Gasteiger partial charge in [-0.1, -0.05) is 13.0 Å². The smallest absolute Gasteiger partial charge is 0.354 e. The molecule has 1 aromatic rings. The van der Waals surface area contributed by atoms with Crippen molar-refractivity contribution in [1.29, 1.82) is 0 Å². The lowest BCUT2D eigenvalue weighted by atomic mass is 10.2. The van der Waals surface area contributed by atoms with Crippen molar-refractivity contribution in [3.8, 4) is 0 Å². The van der Waals surface area contributed by atoms with E-state index in [2.05, 4.69) is 16.8 Å². The minimum Gasteiger partial charge on any atom is -0.477 e. The quantitative estimate of drug-likeness (QED) is 0.897. The second kappa shape index (κ2) is 7.24. The summed E-state index contributed by atoms with van der Waals surface area (Å²) in [7, 11) is 0. The third kappa shape index (κ3) is 3.93. The largest absolute Gasteiger partial charge is 0.477 e. The molecule has 1 atom stereocenters. The average Bonchev–Trinajstić information content (AvgIpc) is 2.70. The topological polar surface area (TPSA) is 62.7 Å². The minimum absolute atomic E-state index is 0.102. The van der Waals surface area contributed by atoms with E-state index in [0.717, 1.165) is 51.2 Å². The number of nitrogens with zero attached hydrogens (tertiary/aromatic N) is 2. The fourth-order valence-electron chi connectivity index (χ4n) is 2.46. The highest BCUT2D eigenvalue weighted by molar-refractivity contribution is 5.85. The van der Waals surface area contributed by atoms with Crippen LogP contribution in [0.5, 0.6) is 0 Å². The van der Waals surface area contributed by atoms with Gasteiger partial charge in [-0.25, -0.2) is 9.78 Å². The van der Waals surface area contributed by atoms with Gasteiger partial charge in [-0.3, -0.25) is 0 Å². The zero-order valence-electron chi connectivity index (χ0n) is 11.9. The molecule has 0 saturated carbocycles. The summed E-state index contributed by atoms with van der Waals surface area (Å²) in [5.41, 5.74) is 0.102. The lowest BCUT2D eigenvalue weighted by Gasteiger charge is -2.21. The molecule has 110 valence electrons. The van der Waals surface area contributed by atoms with Crippen LogP contribution in [0.4, 0.5) is 5.82 Å². The molecule has 1 aliphatic heterocycles. The summed E-state index contributed by atoms with van der Waals surface area (Å²) in [4.78, 5) is 17.3. The second-order valence-electron chi connectivity index (χ2n) is 5.10. The Morgan fingerprint density at radius 1 is 1.45 bits per heavy atom. The summed E-state index contributed by atoms with van der Waals surface area (Å²) >= 11 is 0. The second-order valence-corrected chi connectivity index (χ2v) is 5.10. The van der Waals surface area contributed by atoms with Gasteiger partial charge in [0.1, 0.15) is 5.82 Å². The van der Waals surface area contributed by atoms with E-state index < -0.39 is 5.97 Å². The number of hydrogen-bond acceptors (Lipinski definition) is 4. The van der Waals surface area contributed by atoms with Crippen LogP contribution >= 0.6 is 0 Å². The SMILES string of the molecule is CCCOC1CCCN(c2cccc(C(=O)O)n2)CC1. The Morgan fingerprint density at radius 3 is 3.05 bits per heavy atom. The van der Waals surface area contributed by atoms with Gasteiger partial charge in [0, 0.05) is 19.7 Å². The Labute approximate surface area is 119 Å². The maximum absolute atomic E-state index is 11.0. The number of aromatic carboxylic acids is 1. The normalized spacial score (nSPS) is 19.6. The summed E-state index contributed by atoms with van der Waals surface area (Å²) in [5, 5.41) is 9.00. The van der Waals surface area contributed by atoms with Crippen LogP contribution in [0.15, 0.2) is 18.2 Å². The summed E-state index contributed by atoms with van der Waals surface area (Å²) in [6, 6.07) is 5.15. The third-order valence-corrected chi connectivity index (χ3v) is 3.51. The van der Waals surface area contributed by atoms with Gasteiger partial charge in [0.25, 0.3) is 0 Å². The van der Waals surface area contributed by atoms with Gasteiger partial charge >= 0.3 is 5.97 Å². The van der Waals surface area contributed by atoms with Gasteiger partial charge in [-0.2, -0.15) is 0 Å². The Balaban J connectivity index is 1.99. The molecule has 0 amide bonds. The number of hydrogen-bond donors (Lipinski definition) is 1. The lowest BCUT2D eigenvalue weighted by Crippen LogP contribution is -2.26. The van der Waals surface area contributed by atoms with Crippen LogP contribution in [0.3, 0.4) is 0 Å². The van der Waals surface area contributed by atoms with E-state index in [0.29, 0.717) is 6.10 Å². The Bertz CT molecular complexity index is 450. The van der Waals surface area contributed by atoms with Crippen LogP contribution in [0.2, 0.25) is 0 Å². The minimum atomic E-state index is -0.981. The highest BCUT2D eigenvalue weighted by Crippen LogP contribution is 2.19. The number of aromatic nitrogens is 1. The van der Waals surface area contributed by atoms with E-state index in [9.17, 15) is 4.79 Å². The molecular formula is C15H22N2O3. The van der Waals surface area contributed by atoms with E-state index in [1.165, 1.54) is 6.07 Å². The maximum atomic E-state index is 11.0. The van der Waals surface area contributed by atoms with Crippen molar-refractivity contribution >= 4 is 11.8 Å². The van der Waals surface area contributed by atoms with Crippen LogP contribution in [-0.2, 0) is 4.74 Å². The first kappa shape index (κ1) is 14.8. The summed E-state index contributed by atoms with van der Waals surface area (Å²) in [6.07, 6.45) is 4.45. The van der Waals surface area contributed by atoms with E-state index in [1.54, 1.807) is 6.07 Å². The first-order valence-electron chi connectivity index (χ1n) is 7.27. The van der Waals surface area contributed by atoms with E-state index >= 15 is 0 Å². The molecule has 1 aliphatic rings. The van der Waals surface area contributed by atoms with E-state index in [4.69, 9.17) is 9.84 Å². The maximum Gasteiger partial charge on any atom is 0.354 e. The number of carboxylic acids is 1. The van der Waals surface area contributed by atoms with Crippen LogP contribution in [0, 0.1) is 0 Å². The van der Waals surface area contributed by atoms with Crippen molar-refractivity contribution in [1.82, 2.24) is 4.98 Å². The lowest BCUT2D eigenvalue weighted by molar-refractivity contribution is 0.0461. The van der Waals surface area contributed by atoms with Crippen molar-refractivity contribution in [2.24, 2.45) is 0 Å². The molecule has 0 spiro atoms. The molecule has 0 aromatic carbocycles. The van der Waals surface area contributed by atoms with Gasteiger partial charge in [-0.05, 0) is 37.8 Å². The molecule has 0 bridgehead atoms. The molecule has 2 rings (SSSR count). The average molecular weight is 278 g/mol. The zero-order valence-corrected chi connectivity index (χ0v) is 11.9. The summed E-state index contributed by atoms with van der Waals surface area (Å²) in [6.45, 7) is 4.70. The van der Waals surface area contributed by atoms with Gasteiger partial charge in [0.15, 0.2) is 5.69 Å². The number of ether oxygens (including phenoxy) is 1. The molecule has 0 aliphatic carbocycles. The monoisotopic (exact) mass is 278 g/mol. The standard InChI is InChI=1S/C15H22N2O3/c1-2-11-20-12-5-4-9-17(10-8-12)14-7-3-6-13(16-14)15(18)19/h3,6-7,12H,2,4-5,8-11H2,1H3,(H,18,19). The number of carboxylic acid groups (broad SMARTS) is 1. The predicted molar refractivity (Wildman–Crippen MR) is 77.3 cm³/mol. The van der Waals surface area contributed by atoms with E-state index in [1.807, 2.05) is 6.07 Å². The highest BCUT2D eigenvalue weighted by Gasteiger charge is 2.19. The number of pyridine rings is 1. The number of carbonyl (C=O) groups is 1. The fourth-order valence-corrected chi connectivity index (χ4v) is 2.46. The van der Waals surface area contributed by atoms with Crippen LogP contribution in [0.1, 0.15) is 43.1 Å². The molecule has 1 N–H and O–H groups in total. The fraction of sp³-hybridized carbons (Fsp3) is 0.600. The summed E-state index contributed by atoms with van der Waals surface area (Å²) < 4.78 is 5.82. The van der Waals surface area contributed by atoms with Crippen LogP contribution < -0.4 is 4.90 Å². The molecule has 5 heteroatoms. The summed E-state index contributed by atoms with van der Waals surface area (Å²) in [5.74, 6) is -0.230. The molecule has 20 heavy (non-hydrogen) atoms. The van der Waals surface area contributed by atoms with Crippen molar-refractivity contribution < 1.29 is 14.6 Å². The molecule has 0 radical (unpaired) electrons. The Hall–Kier alpha value is -1.62. The van der Waals surface area contributed by atoms with Crippen molar-refractivity contribution in [2.75, 3.05) is 24.6 Å². The van der Waals surface area contributed by atoms with Gasteiger partial charge < -0.3 is 14.7 Å². The molecule has 1 saturated heterocycles. The first-order chi connectivity index (χ1) is 9.70. The van der Waals surface area contributed by atoms with Crippen LogP contribution in [0.25, 0.3) is 0 Å². The Kier molecular flexibility index (Phi) is 5.35. The van der Waals surface area contributed by atoms with Crippen molar-refractivity contribution in [3.05, 3.63) is 23.9 Å². The van der Waals surface area contributed by atoms with Crippen molar-refractivity contribution in [2.45, 2.75) is 38.7 Å².